The van der Waals surface area contributed by atoms with Gasteiger partial charge in [-0.2, -0.15) is 0 Å². The van der Waals surface area contributed by atoms with Gasteiger partial charge < -0.3 is 9.47 Å². The van der Waals surface area contributed by atoms with Crippen LogP contribution in [0.25, 0.3) is 0 Å². The first-order valence-corrected chi connectivity index (χ1v) is 7.89. The lowest BCUT2D eigenvalue weighted by atomic mass is 10.1. The smallest absolute Gasteiger partial charge is 0.311 e. The van der Waals surface area contributed by atoms with Crippen molar-refractivity contribution in [1.29, 1.82) is 0 Å². The molecule has 0 spiro atoms. The van der Waals surface area contributed by atoms with E-state index >= 15 is 0 Å². The second-order valence-electron chi connectivity index (χ2n) is 5.37. The normalized spacial score (nSPS) is 12.1. The SMILES string of the molecule is CC(C)C(C)OC(=O)CCCC(=O)Oc1cc(Cl)cc(Cl)c1. The summed E-state index contributed by atoms with van der Waals surface area (Å²) in [5.41, 5.74) is 0. The molecule has 1 aromatic carbocycles. The van der Waals surface area contributed by atoms with Gasteiger partial charge in [-0.15, -0.1) is 0 Å². The van der Waals surface area contributed by atoms with E-state index in [1.807, 2.05) is 20.8 Å². The molecule has 0 N–H and O–H groups in total. The molecule has 0 saturated carbocycles. The van der Waals surface area contributed by atoms with Gasteiger partial charge in [-0.25, -0.2) is 0 Å². The third-order valence-corrected chi connectivity index (χ3v) is 3.52. The second kappa shape index (κ2) is 9.01. The van der Waals surface area contributed by atoms with E-state index in [0.717, 1.165) is 0 Å². The summed E-state index contributed by atoms with van der Waals surface area (Å²) in [7, 11) is 0. The molecule has 4 nitrogen and oxygen atoms in total. The second-order valence-corrected chi connectivity index (χ2v) is 6.24. The molecular weight excluding hydrogens is 327 g/mol. The van der Waals surface area contributed by atoms with Gasteiger partial charge in [-0.1, -0.05) is 37.0 Å². The first-order chi connectivity index (χ1) is 10.3. The topological polar surface area (TPSA) is 52.6 Å². The van der Waals surface area contributed by atoms with E-state index in [9.17, 15) is 9.59 Å². The minimum absolute atomic E-state index is 0.120. The molecule has 1 rings (SSSR count). The Bertz CT molecular complexity index is 509. The Hall–Kier alpha value is -1.26. The van der Waals surface area contributed by atoms with Crippen molar-refractivity contribution in [2.24, 2.45) is 5.92 Å². The molecule has 0 fully saturated rings. The summed E-state index contributed by atoms with van der Waals surface area (Å²) in [4.78, 5) is 23.3. The summed E-state index contributed by atoms with van der Waals surface area (Å²) in [5.74, 6) is -0.192. The Morgan fingerprint density at radius 1 is 1.00 bits per heavy atom. The van der Waals surface area contributed by atoms with Crippen LogP contribution in [-0.2, 0) is 14.3 Å². The fourth-order valence-electron chi connectivity index (χ4n) is 1.55. The van der Waals surface area contributed by atoms with Crippen LogP contribution in [0.3, 0.4) is 0 Å². The van der Waals surface area contributed by atoms with Gasteiger partial charge in [-0.05, 0) is 37.5 Å². The average Bonchev–Trinajstić information content (AvgIpc) is 2.36. The number of carbonyl (C=O) groups is 2. The zero-order chi connectivity index (χ0) is 16.7. The van der Waals surface area contributed by atoms with Crippen LogP contribution in [0.15, 0.2) is 18.2 Å². The molecule has 0 aliphatic heterocycles. The molecule has 122 valence electrons. The van der Waals surface area contributed by atoms with Gasteiger partial charge in [0.25, 0.3) is 0 Å². The van der Waals surface area contributed by atoms with E-state index in [4.69, 9.17) is 32.7 Å². The highest BCUT2D eigenvalue weighted by molar-refractivity contribution is 6.34. The van der Waals surface area contributed by atoms with Gasteiger partial charge in [0.2, 0.25) is 0 Å². The fraction of sp³-hybridized carbons (Fsp3) is 0.500. The minimum atomic E-state index is -0.442. The maximum Gasteiger partial charge on any atom is 0.311 e. The van der Waals surface area contributed by atoms with Gasteiger partial charge in [0.15, 0.2) is 0 Å². The summed E-state index contributed by atoms with van der Waals surface area (Å²) >= 11 is 11.6. The van der Waals surface area contributed by atoms with Gasteiger partial charge in [0.1, 0.15) is 11.9 Å². The molecule has 0 saturated heterocycles. The summed E-state index contributed by atoms with van der Waals surface area (Å²) in [6, 6.07) is 4.56. The number of hydrogen-bond acceptors (Lipinski definition) is 4. The molecule has 0 aliphatic carbocycles. The van der Waals surface area contributed by atoms with Gasteiger partial charge in [0.05, 0.1) is 0 Å². The number of ether oxygens (including phenoxy) is 2. The molecule has 22 heavy (non-hydrogen) atoms. The van der Waals surface area contributed by atoms with Crippen molar-refractivity contribution < 1.29 is 19.1 Å². The number of rotatable bonds is 7. The summed E-state index contributed by atoms with van der Waals surface area (Å²) in [6.07, 6.45) is 0.544. The van der Waals surface area contributed by atoms with Crippen molar-refractivity contribution in [3.63, 3.8) is 0 Å². The Morgan fingerprint density at radius 3 is 2.09 bits per heavy atom. The van der Waals surface area contributed by atoms with Crippen molar-refractivity contribution in [2.75, 3.05) is 0 Å². The lowest BCUT2D eigenvalue weighted by Crippen LogP contribution is -2.20. The molecule has 6 heteroatoms. The molecule has 0 amide bonds. The van der Waals surface area contributed by atoms with E-state index in [1.165, 1.54) is 12.1 Å². The first-order valence-electron chi connectivity index (χ1n) is 7.14. The Kier molecular flexibility index (Phi) is 7.69. The van der Waals surface area contributed by atoms with Gasteiger partial charge in [-0.3, -0.25) is 9.59 Å². The summed E-state index contributed by atoms with van der Waals surface area (Å²) in [6.45, 7) is 5.80. The highest BCUT2D eigenvalue weighted by atomic mass is 35.5. The Labute approximate surface area is 140 Å². The van der Waals surface area contributed by atoms with Gasteiger partial charge in [0, 0.05) is 22.9 Å². The van der Waals surface area contributed by atoms with Crippen LogP contribution >= 0.6 is 23.2 Å². The van der Waals surface area contributed by atoms with Crippen molar-refractivity contribution in [3.8, 4) is 5.75 Å². The molecule has 0 aromatic heterocycles. The van der Waals surface area contributed by atoms with Crippen LogP contribution in [0.1, 0.15) is 40.0 Å². The highest BCUT2D eigenvalue weighted by Crippen LogP contribution is 2.24. The van der Waals surface area contributed by atoms with Crippen molar-refractivity contribution in [2.45, 2.75) is 46.1 Å². The zero-order valence-electron chi connectivity index (χ0n) is 12.9. The predicted octanol–water partition coefficient (Wildman–Crippen LogP) is 4.66. The first kappa shape index (κ1) is 18.8. The van der Waals surface area contributed by atoms with E-state index in [1.54, 1.807) is 6.07 Å². The third-order valence-electron chi connectivity index (χ3n) is 3.09. The van der Waals surface area contributed by atoms with Crippen LogP contribution in [0.2, 0.25) is 10.0 Å². The molecular formula is C16H20Cl2O4. The average molecular weight is 347 g/mol. The predicted molar refractivity (Wildman–Crippen MR) is 86.3 cm³/mol. The molecule has 1 atom stereocenters. The van der Waals surface area contributed by atoms with Crippen molar-refractivity contribution in [1.82, 2.24) is 0 Å². The van der Waals surface area contributed by atoms with E-state index in [0.29, 0.717) is 22.2 Å². The van der Waals surface area contributed by atoms with Crippen LogP contribution in [0, 0.1) is 5.92 Å². The number of hydrogen-bond donors (Lipinski definition) is 0. The molecule has 0 aliphatic rings. The van der Waals surface area contributed by atoms with Crippen molar-refractivity contribution >= 4 is 35.1 Å². The van der Waals surface area contributed by atoms with Crippen LogP contribution in [0.5, 0.6) is 5.75 Å². The quantitative estimate of drug-likeness (QED) is 0.532. The Morgan fingerprint density at radius 2 is 1.55 bits per heavy atom. The maximum absolute atomic E-state index is 11.7. The standard InChI is InChI=1S/C16H20Cl2O4/c1-10(2)11(3)21-15(19)5-4-6-16(20)22-14-8-12(17)7-13(18)9-14/h7-11H,4-6H2,1-3H3. The van der Waals surface area contributed by atoms with E-state index in [2.05, 4.69) is 0 Å². The largest absolute Gasteiger partial charge is 0.462 e. The number of benzene rings is 1. The maximum atomic E-state index is 11.7. The lowest BCUT2D eigenvalue weighted by Gasteiger charge is -2.16. The van der Waals surface area contributed by atoms with Crippen molar-refractivity contribution in [3.05, 3.63) is 28.2 Å². The summed E-state index contributed by atoms with van der Waals surface area (Å²) < 4.78 is 10.3. The van der Waals surface area contributed by atoms with Crippen LogP contribution < -0.4 is 4.74 Å². The minimum Gasteiger partial charge on any atom is -0.462 e. The number of carbonyl (C=O) groups excluding carboxylic acids is 2. The van der Waals surface area contributed by atoms with Crippen LogP contribution in [-0.4, -0.2) is 18.0 Å². The summed E-state index contributed by atoms with van der Waals surface area (Å²) in [5, 5.41) is 0.781. The third kappa shape index (κ3) is 7.14. The number of esters is 2. The van der Waals surface area contributed by atoms with Crippen LogP contribution in [0.4, 0.5) is 0 Å². The molecule has 1 unspecified atom stereocenters. The molecule has 1 aromatic rings. The van der Waals surface area contributed by atoms with E-state index < -0.39 is 5.97 Å². The monoisotopic (exact) mass is 346 g/mol. The zero-order valence-corrected chi connectivity index (χ0v) is 14.4. The molecule has 0 bridgehead atoms. The van der Waals surface area contributed by atoms with Gasteiger partial charge >= 0.3 is 11.9 Å². The fourth-order valence-corrected chi connectivity index (χ4v) is 2.06. The highest BCUT2D eigenvalue weighted by Gasteiger charge is 2.14. The lowest BCUT2D eigenvalue weighted by molar-refractivity contribution is -0.150. The molecule has 0 radical (unpaired) electrons. The van der Waals surface area contributed by atoms with E-state index in [-0.39, 0.29) is 30.8 Å². The Balaban J connectivity index is 2.33. The number of halogens is 2. The molecule has 0 heterocycles.